The molecule has 1 aromatic carbocycles. The molecule has 2 bridgehead atoms. The number of thiazole rings is 1. The molecular formula is C25H26N2O6S2. The summed E-state index contributed by atoms with van der Waals surface area (Å²) in [6.07, 6.45) is 2.71. The highest BCUT2D eigenvalue weighted by Crippen LogP contribution is 2.68. The molecule has 4 aliphatic rings. The van der Waals surface area contributed by atoms with E-state index in [0.29, 0.717) is 25.8 Å². The van der Waals surface area contributed by atoms with Gasteiger partial charge in [-0.25, -0.2) is 0 Å². The Morgan fingerprint density at radius 1 is 1.06 bits per heavy atom. The summed E-state index contributed by atoms with van der Waals surface area (Å²) in [5.74, 6) is -1.56. The summed E-state index contributed by atoms with van der Waals surface area (Å²) in [4.78, 5) is 55.1. The van der Waals surface area contributed by atoms with E-state index < -0.39 is 5.97 Å². The maximum Gasteiger partial charge on any atom is 0.305 e. The van der Waals surface area contributed by atoms with Crippen LogP contribution in [0.1, 0.15) is 48.5 Å². The third-order valence-corrected chi connectivity index (χ3v) is 10.9. The van der Waals surface area contributed by atoms with E-state index in [1.807, 2.05) is 12.1 Å². The number of fused-ring (bicyclic) bond motifs is 9. The fourth-order valence-electron chi connectivity index (χ4n) is 7.12. The van der Waals surface area contributed by atoms with E-state index in [4.69, 9.17) is 5.11 Å². The molecule has 2 aromatic rings. The van der Waals surface area contributed by atoms with Crippen molar-refractivity contribution in [3.8, 4) is 5.75 Å². The van der Waals surface area contributed by atoms with E-state index in [0.717, 1.165) is 21.9 Å². The highest BCUT2D eigenvalue weighted by atomic mass is 32.2. The Bertz CT molecular complexity index is 1270. The number of nitrogens with one attached hydrogen (secondary N) is 1. The highest BCUT2D eigenvalue weighted by Gasteiger charge is 2.69. The average molecular weight is 515 g/mol. The number of thioether (sulfide) groups is 1. The summed E-state index contributed by atoms with van der Waals surface area (Å²) in [5, 5.41) is 20.5. The number of nitrogens with zero attached hydrogens (tertiary/aromatic N) is 1. The second-order valence-corrected chi connectivity index (χ2v) is 12.3. The third kappa shape index (κ3) is 3.48. The third-order valence-electron chi connectivity index (χ3n) is 8.36. The number of hydrogen-bond acceptors (Lipinski definition) is 7. The van der Waals surface area contributed by atoms with Crippen molar-refractivity contribution in [1.29, 1.82) is 0 Å². The van der Waals surface area contributed by atoms with Crippen LogP contribution in [0.25, 0.3) is 0 Å². The Balaban J connectivity index is 1.30. The summed E-state index contributed by atoms with van der Waals surface area (Å²) in [5.41, 5.74) is 0.774. The van der Waals surface area contributed by atoms with Crippen LogP contribution in [0.3, 0.4) is 0 Å². The van der Waals surface area contributed by atoms with Gasteiger partial charge in [0.05, 0.1) is 16.9 Å². The number of para-hydroxylation sites is 1. The lowest BCUT2D eigenvalue weighted by Crippen LogP contribution is -2.42. The first kappa shape index (κ1) is 22.8. The standard InChI is InChI=1S/C25H26N2O6S2/c28-14-7-4-3-6-11(14)16-17-12-10-13(20(17)34-22-21(16)35-25(33)26-22)19-18(12)23(31)27(24(19)32)9-5-1-2-8-15(29)30/h3-4,6-7,12-13,16-20,28H,1-2,5,8-10H2,(H,26,33)(H,29,30)/t12-,13-,16-,17-,18+,19-,20+/m1/s1. The number of likely N-dealkylation sites (tertiary alicyclic amines) is 1. The number of carboxylic acid groups (broad SMARTS) is 1. The number of aliphatic carboxylic acids is 1. The maximum atomic E-state index is 13.5. The van der Waals surface area contributed by atoms with Gasteiger partial charge in [0.2, 0.25) is 11.8 Å². The normalized spacial score (nSPS) is 32.6. The highest BCUT2D eigenvalue weighted by molar-refractivity contribution is 8.00. The van der Waals surface area contributed by atoms with E-state index >= 15 is 0 Å². The van der Waals surface area contributed by atoms with Crippen LogP contribution in [-0.2, 0) is 14.4 Å². The number of aromatic nitrogens is 1. The molecule has 2 aliphatic carbocycles. The first-order chi connectivity index (χ1) is 16.9. The molecule has 0 spiro atoms. The number of imide groups is 1. The lowest BCUT2D eigenvalue weighted by molar-refractivity contribution is -0.141. The van der Waals surface area contributed by atoms with Crippen LogP contribution in [0, 0.1) is 29.6 Å². The fraction of sp³-hybridized carbons (Fsp3) is 0.520. The van der Waals surface area contributed by atoms with Crippen LogP contribution in [0.4, 0.5) is 0 Å². The van der Waals surface area contributed by atoms with Crippen molar-refractivity contribution >= 4 is 40.9 Å². The Hall–Kier alpha value is -2.59. The molecule has 1 saturated heterocycles. The summed E-state index contributed by atoms with van der Waals surface area (Å²) >= 11 is 2.81. The second kappa shape index (κ2) is 8.51. The molecule has 2 aliphatic heterocycles. The van der Waals surface area contributed by atoms with Crippen molar-refractivity contribution in [2.24, 2.45) is 29.6 Å². The molecule has 6 rings (SSSR count). The zero-order chi connectivity index (χ0) is 24.4. The largest absolute Gasteiger partial charge is 0.508 e. The molecule has 35 heavy (non-hydrogen) atoms. The fourth-order valence-corrected chi connectivity index (χ4v) is 10.0. The van der Waals surface area contributed by atoms with Gasteiger partial charge in [0.1, 0.15) is 5.75 Å². The molecule has 3 fully saturated rings. The molecule has 2 saturated carbocycles. The van der Waals surface area contributed by atoms with Crippen molar-refractivity contribution in [1.82, 2.24) is 9.88 Å². The molecular weight excluding hydrogens is 488 g/mol. The minimum absolute atomic E-state index is 0.0194. The number of rotatable bonds is 7. The quantitative estimate of drug-likeness (QED) is 0.382. The monoisotopic (exact) mass is 514 g/mol. The summed E-state index contributed by atoms with van der Waals surface area (Å²) < 4.78 is 0. The van der Waals surface area contributed by atoms with Crippen molar-refractivity contribution in [3.63, 3.8) is 0 Å². The number of carbonyl (C=O) groups is 3. The first-order valence-corrected chi connectivity index (χ1v) is 13.8. The minimum atomic E-state index is -0.835. The van der Waals surface area contributed by atoms with Crippen molar-refractivity contribution in [2.45, 2.75) is 48.3 Å². The van der Waals surface area contributed by atoms with E-state index in [1.165, 1.54) is 16.2 Å². The van der Waals surface area contributed by atoms with Gasteiger partial charge in [-0.3, -0.25) is 24.1 Å². The average Bonchev–Trinajstić information content (AvgIpc) is 3.54. The van der Waals surface area contributed by atoms with Crippen LogP contribution >= 0.6 is 23.1 Å². The number of unbranched alkanes of at least 4 members (excludes halogenated alkanes) is 2. The van der Waals surface area contributed by atoms with E-state index in [9.17, 15) is 24.3 Å². The summed E-state index contributed by atoms with van der Waals surface area (Å²) in [6, 6.07) is 7.22. The molecule has 10 heteroatoms. The first-order valence-electron chi connectivity index (χ1n) is 12.1. The zero-order valence-corrected chi connectivity index (χ0v) is 20.5. The lowest BCUT2D eigenvalue weighted by atomic mass is 9.68. The smallest absolute Gasteiger partial charge is 0.305 e. The van der Waals surface area contributed by atoms with Crippen LogP contribution < -0.4 is 4.87 Å². The maximum absolute atomic E-state index is 13.5. The Morgan fingerprint density at radius 2 is 1.80 bits per heavy atom. The number of hydrogen-bond donors (Lipinski definition) is 3. The number of aromatic hydroxyl groups is 1. The number of amides is 2. The van der Waals surface area contributed by atoms with Gasteiger partial charge >= 0.3 is 10.8 Å². The minimum Gasteiger partial charge on any atom is -0.508 e. The number of phenols is 1. The predicted molar refractivity (Wildman–Crippen MR) is 129 cm³/mol. The number of phenolic OH excluding ortho intramolecular Hbond substituents is 1. The molecule has 3 heterocycles. The van der Waals surface area contributed by atoms with Gasteiger partial charge in [0, 0.05) is 34.6 Å². The number of H-pyrrole nitrogens is 1. The molecule has 0 unspecified atom stereocenters. The molecule has 1 aromatic heterocycles. The van der Waals surface area contributed by atoms with Gasteiger partial charge in [-0.05, 0) is 43.1 Å². The lowest BCUT2D eigenvalue weighted by Gasteiger charge is -2.43. The zero-order valence-electron chi connectivity index (χ0n) is 18.9. The summed E-state index contributed by atoms with van der Waals surface area (Å²) in [6.45, 7) is 0.343. The predicted octanol–water partition coefficient (Wildman–Crippen LogP) is 3.26. The van der Waals surface area contributed by atoms with Crippen molar-refractivity contribution in [2.75, 3.05) is 6.54 Å². The van der Waals surface area contributed by atoms with Crippen LogP contribution in [-0.4, -0.2) is 49.7 Å². The van der Waals surface area contributed by atoms with E-state index in [-0.39, 0.29) is 69.6 Å². The van der Waals surface area contributed by atoms with Gasteiger partial charge in [0.15, 0.2) is 0 Å². The number of aromatic amines is 1. The molecule has 2 amide bonds. The number of benzene rings is 1. The summed E-state index contributed by atoms with van der Waals surface area (Å²) in [7, 11) is 0. The van der Waals surface area contributed by atoms with Crippen molar-refractivity contribution < 1.29 is 24.6 Å². The molecule has 7 atom stereocenters. The van der Waals surface area contributed by atoms with Crippen LogP contribution in [0.15, 0.2) is 34.1 Å². The molecule has 3 N–H and O–H groups in total. The van der Waals surface area contributed by atoms with E-state index in [2.05, 4.69) is 4.98 Å². The SMILES string of the molecule is O=C(O)CCCCCN1C(=O)[C@@H]2[C@H]3C[C@@H]([C@@H]2C1=O)[C@@H]1[C@@H](c2ccccc2O)c2sc(=O)[nH]c2S[C@@H]31. The molecule has 184 valence electrons. The Kier molecular flexibility index (Phi) is 5.56. The topological polar surface area (TPSA) is 128 Å². The molecule has 8 nitrogen and oxygen atoms in total. The molecule has 0 radical (unpaired) electrons. The van der Waals surface area contributed by atoms with Gasteiger partial charge in [-0.1, -0.05) is 36.0 Å². The van der Waals surface area contributed by atoms with Gasteiger partial charge in [-0.15, -0.1) is 11.8 Å². The Morgan fingerprint density at radius 3 is 2.54 bits per heavy atom. The van der Waals surface area contributed by atoms with E-state index in [1.54, 1.807) is 23.9 Å². The Labute approximate surface area is 209 Å². The van der Waals surface area contributed by atoms with Crippen LogP contribution in [0.2, 0.25) is 0 Å². The van der Waals surface area contributed by atoms with Gasteiger partial charge in [0.25, 0.3) is 0 Å². The van der Waals surface area contributed by atoms with Crippen LogP contribution in [0.5, 0.6) is 5.75 Å². The van der Waals surface area contributed by atoms with Gasteiger partial charge < -0.3 is 15.2 Å². The van der Waals surface area contributed by atoms with Crippen molar-refractivity contribution in [3.05, 3.63) is 44.4 Å². The number of carboxylic acids is 1. The second-order valence-electron chi connectivity index (χ2n) is 10.1. The van der Waals surface area contributed by atoms with Gasteiger partial charge in [-0.2, -0.15) is 0 Å². The number of carbonyl (C=O) groups excluding carboxylic acids is 2.